The van der Waals surface area contributed by atoms with Gasteiger partial charge in [0.25, 0.3) is 0 Å². The largest absolute Gasteiger partial charge is 0.463 e. The van der Waals surface area contributed by atoms with Gasteiger partial charge >= 0.3 is 5.97 Å². The summed E-state index contributed by atoms with van der Waals surface area (Å²) < 4.78 is 5.10. The first kappa shape index (κ1) is 8.57. The van der Waals surface area contributed by atoms with Gasteiger partial charge in [-0.25, -0.2) is 0 Å². The van der Waals surface area contributed by atoms with Gasteiger partial charge < -0.3 is 4.74 Å². The number of hydrogen-bond acceptors (Lipinski definition) is 2. The van der Waals surface area contributed by atoms with Gasteiger partial charge in [0.2, 0.25) is 0 Å². The maximum absolute atomic E-state index is 10.6. The summed E-state index contributed by atoms with van der Waals surface area (Å²) in [6.07, 6.45) is 5.20. The topological polar surface area (TPSA) is 26.3 Å². The highest BCUT2D eigenvalue weighted by molar-refractivity contribution is 5.66. The van der Waals surface area contributed by atoms with Crippen molar-refractivity contribution in [3.63, 3.8) is 0 Å². The second-order valence-corrected chi connectivity index (χ2v) is 3.36. The predicted octanol–water partition coefficient (Wildman–Crippen LogP) is 2.13. The van der Waals surface area contributed by atoms with Gasteiger partial charge in [-0.3, -0.25) is 4.79 Å². The molecule has 0 aliphatic heterocycles. The van der Waals surface area contributed by atoms with Gasteiger partial charge in [0, 0.05) is 6.92 Å². The first-order valence-corrected chi connectivity index (χ1v) is 4.37. The SMILES string of the molecule is CC(=O)O[C@@H](C)C1CCCC1. The van der Waals surface area contributed by atoms with E-state index in [1.165, 1.54) is 32.6 Å². The summed E-state index contributed by atoms with van der Waals surface area (Å²) in [6.45, 7) is 3.48. The minimum absolute atomic E-state index is 0.134. The monoisotopic (exact) mass is 156 g/mol. The van der Waals surface area contributed by atoms with Crippen molar-refractivity contribution in [1.82, 2.24) is 0 Å². The van der Waals surface area contributed by atoms with Crippen LogP contribution in [0.3, 0.4) is 0 Å². The van der Waals surface area contributed by atoms with Crippen molar-refractivity contribution in [1.29, 1.82) is 0 Å². The van der Waals surface area contributed by atoms with E-state index in [1.54, 1.807) is 0 Å². The molecule has 0 aromatic carbocycles. The van der Waals surface area contributed by atoms with Crippen LogP contribution in [0.25, 0.3) is 0 Å². The fourth-order valence-corrected chi connectivity index (χ4v) is 1.78. The van der Waals surface area contributed by atoms with Gasteiger partial charge in [-0.15, -0.1) is 0 Å². The molecule has 0 bridgehead atoms. The molecule has 1 aliphatic carbocycles. The molecule has 0 heterocycles. The average Bonchev–Trinajstić information content (AvgIpc) is 2.35. The zero-order valence-corrected chi connectivity index (χ0v) is 7.30. The Morgan fingerprint density at radius 2 is 2.00 bits per heavy atom. The predicted molar refractivity (Wildman–Crippen MR) is 43.2 cm³/mol. The minimum Gasteiger partial charge on any atom is -0.463 e. The molecule has 0 N–H and O–H groups in total. The number of carbonyl (C=O) groups excluding carboxylic acids is 1. The van der Waals surface area contributed by atoms with E-state index in [9.17, 15) is 4.79 Å². The van der Waals surface area contributed by atoms with Crippen LogP contribution >= 0.6 is 0 Å². The van der Waals surface area contributed by atoms with E-state index >= 15 is 0 Å². The van der Waals surface area contributed by atoms with Crippen LogP contribution in [-0.4, -0.2) is 12.1 Å². The maximum Gasteiger partial charge on any atom is 0.302 e. The van der Waals surface area contributed by atoms with Crippen LogP contribution in [0.4, 0.5) is 0 Å². The Morgan fingerprint density at radius 3 is 2.45 bits per heavy atom. The van der Waals surface area contributed by atoms with Crippen LogP contribution in [0.15, 0.2) is 0 Å². The third kappa shape index (κ3) is 2.52. The first-order chi connectivity index (χ1) is 5.20. The molecule has 0 spiro atoms. The Kier molecular flexibility index (Phi) is 2.92. The second kappa shape index (κ2) is 3.74. The summed E-state index contributed by atoms with van der Waals surface area (Å²) in [5.74, 6) is 0.475. The molecule has 64 valence electrons. The van der Waals surface area contributed by atoms with Crippen molar-refractivity contribution in [3.05, 3.63) is 0 Å². The highest BCUT2D eigenvalue weighted by Gasteiger charge is 2.23. The lowest BCUT2D eigenvalue weighted by atomic mass is 10.0. The highest BCUT2D eigenvalue weighted by atomic mass is 16.5. The van der Waals surface area contributed by atoms with E-state index in [1.807, 2.05) is 6.92 Å². The number of esters is 1. The Morgan fingerprint density at radius 1 is 1.45 bits per heavy atom. The Hall–Kier alpha value is -0.530. The average molecular weight is 156 g/mol. The Balaban J connectivity index is 2.28. The summed E-state index contributed by atoms with van der Waals surface area (Å²) >= 11 is 0. The van der Waals surface area contributed by atoms with Gasteiger partial charge in [0.05, 0.1) is 0 Å². The van der Waals surface area contributed by atoms with Gasteiger partial charge in [-0.1, -0.05) is 12.8 Å². The van der Waals surface area contributed by atoms with Gasteiger partial charge in [0.1, 0.15) is 6.10 Å². The van der Waals surface area contributed by atoms with Gasteiger partial charge in [-0.2, -0.15) is 0 Å². The standard InChI is InChI=1S/C9H16O2/c1-7(11-8(2)10)9-5-3-4-6-9/h7,9H,3-6H2,1-2H3/t7-/m0/s1. The van der Waals surface area contributed by atoms with Crippen LogP contribution < -0.4 is 0 Å². The van der Waals surface area contributed by atoms with Crippen molar-refractivity contribution in [2.45, 2.75) is 45.6 Å². The fraction of sp³-hybridized carbons (Fsp3) is 0.889. The molecule has 0 unspecified atom stereocenters. The summed E-state index contributed by atoms with van der Waals surface area (Å²) in [7, 11) is 0. The number of hydrogen-bond donors (Lipinski definition) is 0. The van der Waals surface area contributed by atoms with Crippen molar-refractivity contribution in [2.75, 3.05) is 0 Å². The molecular weight excluding hydrogens is 140 g/mol. The lowest BCUT2D eigenvalue weighted by Crippen LogP contribution is -2.20. The molecule has 0 radical (unpaired) electrons. The summed E-state index contributed by atoms with van der Waals surface area (Å²) in [6, 6.07) is 0. The molecule has 1 atom stereocenters. The van der Waals surface area contributed by atoms with Crippen molar-refractivity contribution in [2.24, 2.45) is 5.92 Å². The lowest BCUT2D eigenvalue weighted by Gasteiger charge is -2.17. The van der Waals surface area contributed by atoms with E-state index in [2.05, 4.69) is 0 Å². The van der Waals surface area contributed by atoms with Crippen LogP contribution in [0, 0.1) is 5.92 Å². The molecule has 2 nitrogen and oxygen atoms in total. The molecule has 1 aliphatic rings. The molecule has 0 amide bonds. The molecular formula is C9H16O2. The molecule has 0 aromatic heterocycles. The van der Waals surface area contributed by atoms with E-state index in [0.717, 1.165) is 0 Å². The zero-order chi connectivity index (χ0) is 8.27. The van der Waals surface area contributed by atoms with Crippen LogP contribution in [0.5, 0.6) is 0 Å². The number of ether oxygens (including phenoxy) is 1. The molecule has 0 saturated heterocycles. The van der Waals surface area contributed by atoms with Crippen molar-refractivity contribution in [3.8, 4) is 0 Å². The van der Waals surface area contributed by atoms with E-state index in [4.69, 9.17) is 4.74 Å². The van der Waals surface area contributed by atoms with E-state index in [0.29, 0.717) is 5.92 Å². The van der Waals surface area contributed by atoms with Crippen molar-refractivity contribution < 1.29 is 9.53 Å². The van der Waals surface area contributed by atoms with Crippen LogP contribution in [0.2, 0.25) is 0 Å². The molecule has 1 saturated carbocycles. The van der Waals surface area contributed by atoms with Gasteiger partial charge in [0.15, 0.2) is 0 Å². The van der Waals surface area contributed by atoms with Gasteiger partial charge in [-0.05, 0) is 25.7 Å². The molecule has 1 rings (SSSR count). The normalized spacial score (nSPS) is 21.6. The lowest BCUT2D eigenvalue weighted by molar-refractivity contribution is -0.147. The smallest absolute Gasteiger partial charge is 0.302 e. The molecule has 2 heteroatoms. The molecule has 1 fully saturated rings. The maximum atomic E-state index is 10.6. The fourth-order valence-electron chi connectivity index (χ4n) is 1.78. The number of rotatable bonds is 2. The minimum atomic E-state index is -0.149. The quantitative estimate of drug-likeness (QED) is 0.572. The van der Waals surface area contributed by atoms with E-state index < -0.39 is 0 Å². The highest BCUT2D eigenvalue weighted by Crippen LogP contribution is 2.28. The Labute approximate surface area is 67.9 Å². The van der Waals surface area contributed by atoms with Crippen LogP contribution in [-0.2, 0) is 9.53 Å². The molecule has 0 aromatic rings. The summed E-state index contributed by atoms with van der Waals surface area (Å²) in [5, 5.41) is 0. The molecule has 11 heavy (non-hydrogen) atoms. The van der Waals surface area contributed by atoms with Crippen molar-refractivity contribution >= 4 is 5.97 Å². The van der Waals surface area contributed by atoms with Crippen LogP contribution in [0.1, 0.15) is 39.5 Å². The third-order valence-electron chi connectivity index (χ3n) is 2.42. The zero-order valence-electron chi connectivity index (χ0n) is 7.30. The third-order valence-corrected chi connectivity index (χ3v) is 2.42. The van der Waals surface area contributed by atoms with E-state index in [-0.39, 0.29) is 12.1 Å². The number of carbonyl (C=O) groups is 1. The first-order valence-electron chi connectivity index (χ1n) is 4.37. The Bertz CT molecular complexity index is 136. The second-order valence-electron chi connectivity index (χ2n) is 3.36. The summed E-state index contributed by atoms with van der Waals surface area (Å²) in [4.78, 5) is 10.6. The summed E-state index contributed by atoms with van der Waals surface area (Å²) in [5.41, 5.74) is 0.